The van der Waals surface area contributed by atoms with Crippen LogP contribution < -0.4 is 5.32 Å². The van der Waals surface area contributed by atoms with E-state index in [1.807, 2.05) is 13.0 Å². The summed E-state index contributed by atoms with van der Waals surface area (Å²) in [6.45, 7) is 1.90. The molecule has 2 atom stereocenters. The van der Waals surface area contributed by atoms with Crippen LogP contribution in [0.4, 0.5) is 0 Å². The summed E-state index contributed by atoms with van der Waals surface area (Å²) in [6, 6.07) is 5.37. The van der Waals surface area contributed by atoms with Gasteiger partial charge in [0.1, 0.15) is 0 Å². The van der Waals surface area contributed by atoms with Crippen LogP contribution in [0.25, 0.3) is 0 Å². The second-order valence-electron chi connectivity index (χ2n) is 7.81. The Kier molecular flexibility index (Phi) is 3.63. The molecule has 1 saturated heterocycles. The highest BCUT2D eigenvalue weighted by Crippen LogP contribution is 2.53. The Bertz CT molecular complexity index is 806. The van der Waals surface area contributed by atoms with E-state index in [0.29, 0.717) is 30.4 Å². The van der Waals surface area contributed by atoms with Crippen LogP contribution in [0.15, 0.2) is 18.2 Å². The number of carbonyl (C=O) groups excluding carboxylic acids is 4. The molecule has 2 unspecified atom stereocenters. The molecule has 5 heteroatoms. The molecular formula is C20H21NO4. The van der Waals surface area contributed by atoms with Crippen LogP contribution >= 0.6 is 0 Å². The van der Waals surface area contributed by atoms with Gasteiger partial charge in [0.05, 0.1) is 5.41 Å². The third kappa shape index (κ3) is 2.71. The molecule has 1 saturated carbocycles. The molecule has 130 valence electrons. The topological polar surface area (TPSA) is 80.3 Å². The maximum absolute atomic E-state index is 12.8. The molecule has 1 N–H and O–H groups in total. The number of piperidine rings is 1. The zero-order valence-electron chi connectivity index (χ0n) is 14.3. The van der Waals surface area contributed by atoms with Crippen LogP contribution in [-0.4, -0.2) is 23.4 Å². The smallest absolute Gasteiger partial charge is 0.232 e. The van der Waals surface area contributed by atoms with Gasteiger partial charge in [0, 0.05) is 29.4 Å². The maximum Gasteiger partial charge on any atom is 0.232 e. The van der Waals surface area contributed by atoms with Gasteiger partial charge in [-0.15, -0.1) is 0 Å². The SMILES string of the molecule is Cc1ccc2c(c1)C(=O)C(CCC1CC3(CC3)C(=O)NC1=O)CC2=O. The Labute approximate surface area is 146 Å². The van der Waals surface area contributed by atoms with Gasteiger partial charge in [-0.2, -0.15) is 0 Å². The number of hydrogen-bond acceptors (Lipinski definition) is 4. The van der Waals surface area contributed by atoms with E-state index in [4.69, 9.17) is 0 Å². The van der Waals surface area contributed by atoms with Crippen LogP contribution in [0.5, 0.6) is 0 Å². The fourth-order valence-electron chi connectivity index (χ4n) is 4.21. The lowest BCUT2D eigenvalue weighted by Crippen LogP contribution is -2.47. The highest BCUT2D eigenvalue weighted by atomic mass is 16.2. The Morgan fingerprint density at radius 2 is 1.76 bits per heavy atom. The summed E-state index contributed by atoms with van der Waals surface area (Å²) in [4.78, 5) is 49.1. The molecular weight excluding hydrogens is 318 g/mol. The number of Topliss-reactive ketones (excluding diaryl/α,β-unsaturated/α-hetero) is 2. The summed E-state index contributed by atoms with van der Waals surface area (Å²) < 4.78 is 0. The maximum atomic E-state index is 12.8. The van der Waals surface area contributed by atoms with Gasteiger partial charge in [-0.3, -0.25) is 24.5 Å². The fourth-order valence-corrected chi connectivity index (χ4v) is 4.21. The number of nitrogens with one attached hydrogen (secondary N) is 1. The summed E-state index contributed by atoms with van der Waals surface area (Å²) in [5.41, 5.74) is 1.66. The van der Waals surface area contributed by atoms with E-state index in [-0.39, 0.29) is 47.1 Å². The van der Waals surface area contributed by atoms with Crippen LogP contribution in [0, 0.1) is 24.2 Å². The number of ketones is 2. The summed E-state index contributed by atoms with van der Waals surface area (Å²) in [6.07, 6.45) is 3.55. The third-order valence-corrected chi connectivity index (χ3v) is 5.99. The third-order valence-electron chi connectivity index (χ3n) is 5.99. The summed E-state index contributed by atoms with van der Waals surface area (Å²) in [7, 11) is 0. The van der Waals surface area contributed by atoms with Crippen molar-refractivity contribution in [1.82, 2.24) is 5.32 Å². The normalized spacial score (nSPS) is 27.2. The van der Waals surface area contributed by atoms with Crippen molar-refractivity contribution < 1.29 is 19.2 Å². The van der Waals surface area contributed by atoms with E-state index in [1.54, 1.807) is 12.1 Å². The molecule has 1 heterocycles. The molecule has 2 aliphatic carbocycles. The van der Waals surface area contributed by atoms with Crippen molar-refractivity contribution >= 4 is 23.4 Å². The number of fused-ring (bicyclic) bond motifs is 1. The van der Waals surface area contributed by atoms with Gasteiger partial charge in [-0.1, -0.05) is 17.7 Å². The monoisotopic (exact) mass is 339 g/mol. The van der Waals surface area contributed by atoms with Crippen molar-refractivity contribution in [3.63, 3.8) is 0 Å². The van der Waals surface area contributed by atoms with Gasteiger partial charge in [-0.25, -0.2) is 0 Å². The minimum Gasteiger partial charge on any atom is -0.296 e. The van der Waals surface area contributed by atoms with Crippen LogP contribution in [-0.2, 0) is 9.59 Å². The van der Waals surface area contributed by atoms with Crippen molar-refractivity contribution in [3.05, 3.63) is 34.9 Å². The second-order valence-corrected chi connectivity index (χ2v) is 7.81. The molecule has 1 spiro atoms. The lowest BCUT2D eigenvalue weighted by atomic mass is 9.76. The van der Waals surface area contributed by atoms with Crippen LogP contribution in [0.1, 0.15) is 64.8 Å². The molecule has 2 amide bonds. The molecule has 1 aliphatic heterocycles. The Balaban J connectivity index is 1.47. The molecule has 4 rings (SSSR count). The number of amides is 2. The molecule has 5 nitrogen and oxygen atoms in total. The van der Waals surface area contributed by atoms with E-state index < -0.39 is 0 Å². The van der Waals surface area contributed by atoms with Crippen molar-refractivity contribution in [2.75, 3.05) is 0 Å². The van der Waals surface area contributed by atoms with Crippen LogP contribution in [0.2, 0.25) is 0 Å². The number of aryl methyl sites for hydroxylation is 1. The summed E-state index contributed by atoms with van der Waals surface area (Å²) in [5.74, 6) is -0.951. The Hall–Kier alpha value is -2.30. The lowest BCUT2D eigenvalue weighted by Gasteiger charge is -2.29. The van der Waals surface area contributed by atoms with Gasteiger partial charge < -0.3 is 0 Å². The largest absolute Gasteiger partial charge is 0.296 e. The van der Waals surface area contributed by atoms with Crippen molar-refractivity contribution in [1.29, 1.82) is 0 Å². The predicted molar refractivity (Wildman–Crippen MR) is 90.1 cm³/mol. The quantitative estimate of drug-likeness (QED) is 0.859. The van der Waals surface area contributed by atoms with E-state index in [0.717, 1.165) is 18.4 Å². The van der Waals surface area contributed by atoms with Crippen molar-refractivity contribution in [2.24, 2.45) is 17.3 Å². The van der Waals surface area contributed by atoms with Gasteiger partial charge in [0.25, 0.3) is 0 Å². The summed E-state index contributed by atoms with van der Waals surface area (Å²) >= 11 is 0. The molecule has 2 fully saturated rings. The first kappa shape index (κ1) is 16.2. The van der Waals surface area contributed by atoms with Crippen molar-refractivity contribution in [2.45, 2.75) is 45.4 Å². The molecule has 1 aromatic carbocycles. The fraction of sp³-hybridized carbons (Fsp3) is 0.500. The second kappa shape index (κ2) is 5.61. The first-order chi connectivity index (χ1) is 11.9. The average Bonchev–Trinajstić information content (AvgIpc) is 3.35. The Morgan fingerprint density at radius 1 is 1.04 bits per heavy atom. The number of carbonyl (C=O) groups is 4. The first-order valence-corrected chi connectivity index (χ1v) is 8.93. The highest BCUT2D eigenvalue weighted by Gasteiger charge is 2.55. The molecule has 3 aliphatic rings. The minimum absolute atomic E-state index is 0.00142. The molecule has 0 radical (unpaired) electrons. The van der Waals surface area contributed by atoms with Gasteiger partial charge >= 0.3 is 0 Å². The Morgan fingerprint density at radius 3 is 2.48 bits per heavy atom. The first-order valence-electron chi connectivity index (χ1n) is 8.93. The molecule has 1 aromatic rings. The van der Waals surface area contributed by atoms with Gasteiger partial charge in [0.2, 0.25) is 11.8 Å². The van der Waals surface area contributed by atoms with Crippen LogP contribution in [0.3, 0.4) is 0 Å². The molecule has 0 aromatic heterocycles. The zero-order valence-corrected chi connectivity index (χ0v) is 14.3. The number of imide groups is 1. The van der Waals surface area contributed by atoms with E-state index in [1.165, 1.54) is 0 Å². The highest BCUT2D eigenvalue weighted by molar-refractivity contribution is 6.15. The summed E-state index contributed by atoms with van der Waals surface area (Å²) in [5, 5.41) is 2.48. The van der Waals surface area contributed by atoms with E-state index >= 15 is 0 Å². The number of hydrogen-bond donors (Lipinski definition) is 1. The van der Waals surface area contributed by atoms with Gasteiger partial charge in [0.15, 0.2) is 11.6 Å². The minimum atomic E-state index is -0.359. The zero-order chi connectivity index (χ0) is 17.8. The van der Waals surface area contributed by atoms with Crippen molar-refractivity contribution in [3.8, 4) is 0 Å². The molecule has 25 heavy (non-hydrogen) atoms. The average molecular weight is 339 g/mol. The number of rotatable bonds is 3. The van der Waals surface area contributed by atoms with E-state index in [2.05, 4.69) is 5.32 Å². The lowest BCUT2D eigenvalue weighted by molar-refractivity contribution is -0.141. The van der Waals surface area contributed by atoms with Gasteiger partial charge in [-0.05, 0) is 45.1 Å². The number of benzene rings is 1. The molecule has 0 bridgehead atoms. The standard InChI is InChI=1S/C20H21NO4/c1-11-2-5-14-15(8-11)17(23)12(9-16(14)22)3-4-13-10-20(6-7-20)19(25)21-18(13)24/h2,5,8,12-13H,3-4,6-7,9-10H2,1H3,(H,21,24,25). The van der Waals surface area contributed by atoms with E-state index in [9.17, 15) is 19.2 Å². The predicted octanol–water partition coefficient (Wildman–Crippen LogP) is 2.60.